The summed E-state index contributed by atoms with van der Waals surface area (Å²) in [5.74, 6) is 2.65. The smallest absolute Gasteiger partial charge is 0.131 e. The molecule has 1 aliphatic rings. The van der Waals surface area contributed by atoms with E-state index in [0.717, 1.165) is 51.5 Å². The van der Waals surface area contributed by atoms with Crippen LogP contribution < -0.4 is 10.1 Å². The zero-order chi connectivity index (χ0) is 14.8. The van der Waals surface area contributed by atoms with Crippen molar-refractivity contribution >= 4 is 37.7 Å². The van der Waals surface area contributed by atoms with Crippen LogP contribution in [0.15, 0.2) is 27.3 Å². The third-order valence-corrected chi connectivity index (χ3v) is 4.21. The van der Waals surface area contributed by atoms with Crippen molar-refractivity contribution in [2.45, 2.75) is 26.3 Å². The van der Waals surface area contributed by atoms with Gasteiger partial charge in [-0.05, 0) is 33.6 Å². The maximum Gasteiger partial charge on any atom is 0.131 e. The Bertz CT molecular complexity index is 676. The molecule has 0 radical (unpaired) electrons. The second kappa shape index (κ2) is 6.32. The van der Waals surface area contributed by atoms with Crippen LogP contribution in [0.3, 0.4) is 0 Å². The summed E-state index contributed by atoms with van der Waals surface area (Å²) in [4.78, 5) is 8.79. The SMILES string of the molecule is CCc1nc(Br)cc(NCc2cc(Br)cc3c2OCC3)n1. The molecule has 2 heterocycles. The van der Waals surface area contributed by atoms with Crippen LogP contribution >= 0.6 is 31.9 Å². The number of nitrogens with one attached hydrogen (secondary N) is 1. The summed E-state index contributed by atoms with van der Waals surface area (Å²) in [6.45, 7) is 3.48. The minimum absolute atomic E-state index is 0.675. The Morgan fingerprint density at radius 3 is 2.90 bits per heavy atom. The van der Waals surface area contributed by atoms with Crippen molar-refractivity contribution in [2.24, 2.45) is 0 Å². The van der Waals surface area contributed by atoms with Crippen LogP contribution in [0.4, 0.5) is 5.82 Å². The summed E-state index contributed by atoms with van der Waals surface area (Å²) < 4.78 is 7.62. The van der Waals surface area contributed by atoms with Crippen LogP contribution in [0, 0.1) is 0 Å². The topological polar surface area (TPSA) is 47.0 Å². The Labute approximate surface area is 140 Å². The molecule has 3 rings (SSSR count). The lowest BCUT2D eigenvalue weighted by Gasteiger charge is -2.11. The van der Waals surface area contributed by atoms with E-state index >= 15 is 0 Å². The van der Waals surface area contributed by atoms with Crippen LogP contribution in [0.25, 0.3) is 0 Å². The number of anilines is 1. The van der Waals surface area contributed by atoms with Crippen LogP contribution in [0.5, 0.6) is 5.75 Å². The fourth-order valence-electron chi connectivity index (χ4n) is 2.38. The Morgan fingerprint density at radius 1 is 1.24 bits per heavy atom. The highest BCUT2D eigenvalue weighted by Crippen LogP contribution is 2.33. The maximum absolute atomic E-state index is 5.74. The molecule has 1 aromatic carbocycles. The number of fused-ring (bicyclic) bond motifs is 1. The average molecular weight is 413 g/mol. The van der Waals surface area contributed by atoms with E-state index in [1.165, 1.54) is 5.56 Å². The summed E-state index contributed by atoms with van der Waals surface area (Å²) >= 11 is 6.98. The number of aromatic nitrogens is 2. The number of benzene rings is 1. The number of halogens is 2. The number of aryl methyl sites for hydroxylation is 1. The minimum atomic E-state index is 0.675. The van der Waals surface area contributed by atoms with Crippen LogP contribution in [-0.2, 0) is 19.4 Å². The summed E-state index contributed by atoms with van der Waals surface area (Å²) in [5.41, 5.74) is 2.41. The molecule has 110 valence electrons. The van der Waals surface area contributed by atoms with Gasteiger partial charge in [-0.3, -0.25) is 0 Å². The van der Waals surface area contributed by atoms with Gasteiger partial charge in [0.1, 0.15) is 22.0 Å². The third-order valence-electron chi connectivity index (χ3n) is 3.34. The van der Waals surface area contributed by atoms with Gasteiger partial charge in [-0.1, -0.05) is 22.9 Å². The highest BCUT2D eigenvalue weighted by Gasteiger charge is 2.17. The quantitative estimate of drug-likeness (QED) is 0.767. The van der Waals surface area contributed by atoms with Gasteiger partial charge in [0.2, 0.25) is 0 Å². The highest BCUT2D eigenvalue weighted by atomic mass is 79.9. The van der Waals surface area contributed by atoms with Crippen molar-refractivity contribution in [1.82, 2.24) is 9.97 Å². The molecule has 0 bridgehead atoms. The molecule has 1 N–H and O–H groups in total. The molecule has 0 atom stereocenters. The molecule has 0 saturated heterocycles. The Hall–Kier alpha value is -1.14. The van der Waals surface area contributed by atoms with Crippen LogP contribution in [0.2, 0.25) is 0 Å². The minimum Gasteiger partial charge on any atom is -0.493 e. The lowest BCUT2D eigenvalue weighted by atomic mass is 10.1. The predicted octanol–water partition coefficient (Wildman–Crippen LogP) is 4.11. The van der Waals surface area contributed by atoms with E-state index < -0.39 is 0 Å². The van der Waals surface area contributed by atoms with Crippen molar-refractivity contribution in [1.29, 1.82) is 0 Å². The fourth-order valence-corrected chi connectivity index (χ4v) is 3.35. The number of rotatable bonds is 4. The van der Waals surface area contributed by atoms with E-state index in [4.69, 9.17) is 4.74 Å². The first-order valence-corrected chi connectivity index (χ1v) is 8.45. The van der Waals surface area contributed by atoms with Gasteiger partial charge in [-0.25, -0.2) is 9.97 Å². The molecule has 1 aliphatic heterocycles. The van der Waals surface area contributed by atoms with E-state index in [1.807, 2.05) is 13.0 Å². The zero-order valence-corrected chi connectivity index (χ0v) is 14.8. The summed E-state index contributed by atoms with van der Waals surface area (Å²) in [6, 6.07) is 6.11. The summed E-state index contributed by atoms with van der Waals surface area (Å²) in [7, 11) is 0. The van der Waals surface area contributed by atoms with Gasteiger partial charge in [0.15, 0.2) is 0 Å². The van der Waals surface area contributed by atoms with Crippen molar-refractivity contribution in [3.63, 3.8) is 0 Å². The zero-order valence-electron chi connectivity index (χ0n) is 11.6. The number of hydrogen-bond donors (Lipinski definition) is 1. The molecule has 0 amide bonds. The van der Waals surface area contributed by atoms with E-state index in [0.29, 0.717) is 6.54 Å². The average Bonchev–Trinajstić information content (AvgIpc) is 2.92. The van der Waals surface area contributed by atoms with Gasteiger partial charge in [0.25, 0.3) is 0 Å². The molecule has 0 unspecified atom stereocenters. The standard InChI is InChI=1S/C15H15Br2N3O/c1-2-13-19-12(17)7-14(20-13)18-8-10-6-11(16)5-9-3-4-21-15(9)10/h5-7H,2-4,8H2,1H3,(H,18,19,20). The van der Waals surface area contributed by atoms with Gasteiger partial charge in [0, 0.05) is 35.5 Å². The van der Waals surface area contributed by atoms with E-state index in [2.05, 4.69) is 59.3 Å². The van der Waals surface area contributed by atoms with Gasteiger partial charge in [0.05, 0.1) is 6.61 Å². The van der Waals surface area contributed by atoms with Gasteiger partial charge < -0.3 is 10.1 Å². The molecule has 21 heavy (non-hydrogen) atoms. The van der Waals surface area contributed by atoms with Crippen LogP contribution in [0.1, 0.15) is 23.9 Å². The number of hydrogen-bond acceptors (Lipinski definition) is 4. The second-order valence-electron chi connectivity index (χ2n) is 4.85. The largest absolute Gasteiger partial charge is 0.493 e. The molecular weight excluding hydrogens is 398 g/mol. The third kappa shape index (κ3) is 3.37. The first-order valence-electron chi connectivity index (χ1n) is 6.87. The molecule has 4 nitrogen and oxygen atoms in total. The van der Waals surface area contributed by atoms with Gasteiger partial charge in [-0.15, -0.1) is 0 Å². The predicted molar refractivity (Wildman–Crippen MR) is 89.8 cm³/mol. The Morgan fingerprint density at radius 2 is 2.10 bits per heavy atom. The maximum atomic E-state index is 5.74. The first-order chi connectivity index (χ1) is 10.2. The van der Waals surface area contributed by atoms with Crippen LogP contribution in [-0.4, -0.2) is 16.6 Å². The molecule has 0 aliphatic carbocycles. The molecular formula is C15H15Br2N3O. The van der Waals surface area contributed by atoms with Crippen molar-refractivity contribution in [3.8, 4) is 5.75 Å². The number of ether oxygens (including phenoxy) is 1. The van der Waals surface area contributed by atoms with E-state index in [-0.39, 0.29) is 0 Å². The van der Waals surface area contributed by atoms with Crippen molar-refractivity contribution in [2.75, 3.05) is 11.9 Å². The first kappa shape index (κ1) is 14.8. The molecule has 0 saturated carbocycles. The fraction of sp³-hybridized carbons (Fsp3) is 0.333. The summed E-state index contributed by atoms with van der Waals surface area (Å²) in [5, 5.41) is 3.35. The molecule has 6 heteroatoms. The molecule has 2 aromatic rings. The lowest BCUT2D eigenvalue weighted by Crippen LogP contribution is -2.05. The molecule has 0 spiro atoms. The van der Waals surface area contributed by atoms with Crippen molar-refractivity contribution < 1.29 is 4.74 Å². The van der Waals surface area contributed by atoms with Gasteiger partial charge in [-0.2, -0.15) is 0 Å². The van der Waals surface area contributed by atoms with Crippen molar-refractivity contribution in [3.05, 3.63) is 44.2 Å². The Kier molecular flexibility index (Phi) is 4.45. The second-order valence-corrected chi connectivity index (χ2v) is 6.58. The van der Waals surface area contributed by atoms with Gasteiger partial charge >= 0.3 is 0 Å². The van der Waals surface area contributed by atoms with E-state index in [9.17, 15) is 0 Å². The normalized spacial score (nSPS) is 12.9. The molecule has 1 aromatic heterocycles. The highest BCUT2D eigenvalue weighted by molar-refractivity contribution is 9.10. The number of nitrogens with zero attached hydrogens (tertiary/aromatic N) is 2. The molecule has 0 fully saturated rings. The monoisotopic (exact) mass is 411 g/mol. The lowest BCUT2D eigenvalue weighted by molar-refractivity contribution is 0.354. The Balaban J connectivity index is 1.81. The summed E-state index contributed by atoms with van der Waals surface area (Å²) in [6.07, 6.45) is 1.78. The van der Waals surface area contributed by atoms with E-state index in [1.54, 1.807) is 0 Å².